The molecule has 0 radical (unpaired) electrons. The van der Waals surface area contributed by atoms with E-state index in [1.807, 2.05) is 12.1 Å². The fourth-order valence-electron chi connectivity index (χ4n) is 6.19. The topological polar surface area (TPSA) is 58.2 Å². The van der Waals surface area contributed by atoms with E-state index >= 15 is 0 Å². The molecule has 0 aliphatic heterocycles. The number of nitrogens with one attached hydrogen (secondary N) is 1. The Morgan fingerprint density at radius 1 is 1.19 bits per heavy atom. The normalized spacial score (nSPS) is 21.8. The van der Waals surface area contributed by atoms with Gasteiger partial charge < -0.3 is 14.6 Å². The first-order valence-electron chi connectivity index (χ1n) is 13.8. The molecule has 1 heterocycles. The van der Waals surface area contributed by atoms with Crippen molar-refractivity contribution in [2.45, 2.75) is 77.2 Å². The lowest BCUT2D eigenvalue weighted by Gasteiger charge is -2.47. The summed E-state index contributed by atoms with van der Waals surface area (Å²) in [5.74, 6) is 1.84. The lowest BCUT2D eigenvalue weighted by atomic mass is 9.65. The van der Waals surface area contributed by atoms with Crippen LogP contribution < -0.4 is 0 Å². The Kier molecular flexibility index (Phi) is 7.21. The van der Waals surface area contributed by atoms with Gasteiger partial charge in [0.15, 0.2) is 0 Å². The van der Waals surface area contributed by atoms with Crippen molar-refractivity contribution in [2.24, 2.45) is 11.8 Å². The van der Waals surface area contributed by atoms with Gasteiger partial charge in [0.05, 0.1) is 17.0 Å². The molecule has 2 atom stereocenters. The number of fused-ring (bicyclic) bond motifs is 2. The number of H-pyrrole nitrogens is 1. The van der Waals surface area contributed by atoms with Crippen LogP contribution >= 0.6 is 0 Å². The number of hydrogen-bond donors (Lipinski definition) is 1. The van der Waals surface area contributed by atoms with Crippen molar-refractivity contribution < 1.29 is 9.53 Å². The van der Waals surface area contributed by atoms with Crippen molar-refractivity contribution >= 4 is 17.0 Å². The molecule has 36 heavy (non-hydrogen) atoms. The number of carbonyl (C=O) groups is 1. The van der Waals surface area contributed by atoms with Crippen LogP contribution in [-0.4, -0.2) is 46.6 Å². The van der Waals surface area contributed by atoms with Crippen LogP contribution in [0.2, 0.25) is 0 Å². The Morgan fingerprint density at radius 2 is 2.00 bits per heavy atom. The first-order chi connectivity index (χ1) is 17.3. The van der Waals surface area contributed by atoms with Gasteiger partial charge in [0.1, 0.15) is 11.4 Å². The largest absolute Gasteiger partial charge is 0.458 e. The highest BCUT2D eigenvalue weighted by atomic mass is 16.6. The maximum Gasteiger partial charge on any atom is 0.309 e. The van der Waals surface area contributed by atoms with E-state index in [0.29, 0.717) is 5.92 Å². The fourth-order valence-corrected chi connectivity index (χ4v) is 6.19. The molecule has 192 valence electrons. The summed E-state index contributed by atoms with van der Waals surface area (Å²) in [6.07, 6.45) is 6.72. The van der Waals surface area contributed by atoms with Gasteiger partial charge in [-0.1, -0.05) is 49.7 Å². The highest BCUT2D eigenvalue weighted by Gasteiger charge is 2.49. The van der Waals surface area contributed by atoms with Gasteiger partial charge in [-0.25, -0.2) is 4.98 Å². The van der Waals surface area contributed by atoms with Crippen LogP contribution in [0.5, 0.6) is 0 Å². The van der Waals surface area contributed by atoms with Gasteiger partial charge in [-0.3, -0.25) is 4.79 Å². The molecule has 2 aliphatic carbocycles. The minimum absolute atomic E-state index is 0.0313. The van der Waals surface area contributed by atoms with E-state index in [4.69, 9.17) is 9.72 Å². The van der Waals surface area contributed by atoms with Crippen LogP contribution in [0, 0.1) is 18.8 Å². The molecule has 0 amide bonds. The zero-order valence-electron chi connectivity index (χ0n) is 22.3. The number of aromatic amines is 1. The lowest BCUT2D eigenvalue weighted by molar-refractivity contribution is -0.169. The monoisotopic (exact) mass is 487 g/mol. The van der Waals surface area contributed by atoms with Crippen LogP contribution in [0.3, 0.4) is 0 Å². The molecule has 1 aromatic heterocycles. The Labute approximate surface area is 215 Å². The van der Waals surface area contributed by atoms with E-state index in [9.17, 15) is 4.79 Å². The van der Waals surface area contributed by atoms with Crippen molar-refractivity contribution in [1.82, 2.24) is 14.9 Å². The highest BCUT2D eigenvalue weighted by molar-refractivity contribution is 5.76. The van der Waals surface area contributed by atoms with Crippen molar-refractivity contribution in [3.8, 4) is 0 Å². The molecule has 5 rings (SSSR count). The standard InChI is InChI=1S/C31H41N3O2/c1-21(2)29-25-14-11-22(3)20-24(25)15-16-31(29,36-30(35)23-12-13-23)17-19-34(4)18-7-10-28-32-26-8-5-6-9-27(26)33-28/h5-6,8-9,11,14,20-21,23,29H,7,10,12-13,15-19H2,1-4H3,(H,32,33)/t29-,31-/m0/s1. The Balaban J connectivity index is 1.27. The molecule has 0 spiro atoms. The minimum atomic E-state index is -0.427. The molecule has 0 bridgehead atoms. The summed E-state index contributed by atoms with van der Waals surface area (Å²) >= 11 is 0. The number of benzene rings is 2. The summed E-state index contributed by atoms with van der Waals surface area (Å²) in [5.41, 5.74) is 5.84. The molecular formula is C31H41N3O2. The van der Waals surface area contributed by atoms with Gasteiger partial charge in [0.2, 0.25) is 0 Å². The van der Waals surface area contributed by atoms with Crippen LogP contribution in [0.1, 0.15) is 74.4 Å². The number of esters is 1. The van der Waals surface area contributed by atoms with Gasteiger partial charge >= 0.3 is 5.97 Å². The number of rotatable bonds is 10. The Bertz CT molecular complexity index is 1180. The average Bonchev–Trinajstić information content (AvgIpc) is 3.62. The third-order valence-corrected chi connectivity index (χ3v) is 8.21. The molecular weight excluding hydrogens is 446 g/mol. The number of para-hydroxylation sites is 2. The first-order valence-corrected chi connectivity index (χ1v) is 13.8. The maximum absolute atomic E-state index is 13.0. The highest BCUT2D eigenvalue weighted by Crippen LogP contribution is 2.49. The van der Waals surface area contributed by atoms with Crippen molar-refractivity contribution in [3.05, 3.63) is 65.0 Å². The van der Waals surface area contributed by atoms with Crippen molar-refractivity contribution in [1.29, 1.82) is 0 Å². The number of ether oxygens (including phenoxy) is 1. The third kappa shape index (κ3) is 5.36. The van der Waals surface area contributed by atoms with Crippen LogP contribution in [-0.2, 0) is 22.4 Å². The molecule has 5 nitrogen and oxygen atoms in total. The van der Waals surface area contributed by atoms with Gasteiger partial charge in [-0.05, 0) is 81.8 Å². The molecule has 5 heteroatoms. The van der Waals surface area contributed by atoms with Crippen LogP contribution in [0.15, 0.2) is 42.5 Å². The second-order valence-electron chi connectivity index (χ2n) is 11.5. The molecule has 0 unspecified atom stereocenters. The second kappa shape index (κ2) is 10.4. The summed E-state index contributed by atoms with van der Waals surface area (Å²) in [6, 6.07) is 15.1. The van der Waals surface area contributed by atoms with Gasteiger partial charge in [-0.2, -0.15) is 0 Å². The lowest BCUT2D eigenvalue weighted by Crippen LogP contribution is -2.48. The third-order valence-electron chi connectivity index (χ3n) is 8.21. The molecule has 2 aliphatic rings. The summed E-state index contributed by atoms with van der Waals surface area (Å²) in [6.45, 7) is 8.65. The summed E-state index contributed by atoms with van der Waals surface area (Å²) in [4.78, 5) is 23.6. The van der Waals surface area contributed by atoms with Crippen LogP contribution in [0.4, 0.5) is 0 Å². The molecule has 1 fully saturated rings. The second-order valence-corrected chi connectivity index (χ2v) is 11.5. The van der Waals surface area contributed by atoms with Crippen molar-refractivity contribution in [3.63, 3.8) is 0 Å². The zero-order chi connectivity index (χ0) is 25.3. The molecule has 3 aromatic rings. The summed E-state index contributed by atoms with van der Waals surface area (Å²) in [5, 5.41) is 0. The van der Waals surface area contributed by atoms with E-state index in [-0.39, 0.29) is 17.8 Å². The number of aromatic nitrogens is 2. The van der Waals surface area contributed by atoms with E-state index in [1.54, 1.807) is 0 Å². The summed E-state index contributed by atoms with van der Waals surface area (Å²) in [7, 11) is 2.19. The van der Waals surface area contributed by atoms with E-state index in [0.717, 1.165) is 74.9 Å². The van der Waals surface area contributed by atoms with Gasteiger partial charge in [-0.15, -0.1) is 0 Å². The number of aryl methyl sites for hydroxylation is 3. The Hall–Kier alpha value is -2.66. The fraction of sp³-hybridized carbons (Fsp3) is 0.548. The molecule has 2 aromatic carbocycles. The van der Waals surface area contributed by atoms with E-state index in [2.05, 4.69) is 68.0 Å². The maximum atomic E-state index is 13.0. The molecule has 1 N–H and O–H groups in total. The van der Waals surface area contributed by atoms with E-state index < -0.39 is 5.60 Å². The first kappa shape index (κ1) is 25.0. The number of carbonyl (C=O) groups excluding carboxylic acids is 1. The summed E-state index contributed by atoms with van der Waals surface area (Å²) < 4.78 is 6.54. The molecule has 1 saturated carbocycles. The number of nitrogens with zero attached hydrogens (tertiary/aromatic N) is 2. The Morgan fingerprint density at radius 3 is 2.75 bits per heavy atom. The van der Waals surface area contributed by atoms with Gasteiger partial charge in [0.25, 0.3) is 0 Å². The average molecular weight is 488 g/mol. The number of imidazole rings is 1. The minimum Gasteiger partial charge on any atom is -0.458 e. The van der Waals surface area contributed by atoms with Crippen molar-refractivity contribution in [2.75, 3.05) is 20.1 Å². The predicted molar refractivity (Wildman–Crippen MR) is 145 cm³/mol. The smallest absolute Gasteiger partial charge is 0.309 e. The van der Waals surface area contributed by atoms with Gasteiger partial charge in [0, 0.05) is 25.3 Å². The quantitative estimate of drug-likeness (QED) is 0.346. The molecule has 0 saturated heterocycles. The zero-order valence-corrected chi connectivity index (χ0v) is 22.3. The van der Waals surface area contributed by atoms with Crippen LogP contribution in [0.25, 0.3) is 11.0 Å². The van der Waals surface area contributed by atoms with E-state index in [1.165, 1.54) is 16.7 Å². The number of hydrogen-bond acceptors (Lipinski definition) is 4. The predicted octanol–water partition coefficient (Wildman–Crippen LogP) is 6.20. The SMILES string of the molecule is Cc1ccc2c(c1)CC[C@@](CCN(C)CCCc1nc3ccccc3[nH]1)(OC(=O)C1CC1)[C@H]2C(C)C.